The monoisotopic (exact) mass is 382 g/mol. The van der Waals surface area contributed by atoms with Crippen LogP contribution in [0.15, 0.2) is 54.6 Å². The van der Waals surface area contributed by atoms with Crippen LogP contribution in [0.25, 0.3) is 10.6 Å². The van der Waals surface area contributed by atoms with Gasteiger partial charge in [-0.05, 0) is 30.9 Å². The van der Waals surface area contributed by atoms with Gasteiger partial charge in [-0.2, -0.15) is 0 Å². The van der Waals surface area contributed by atoms with Crippen LogP contribution in [0.5, 0.6) is 0 Å². The molecule has 0 saturated heterocycles. The number of thiazole rings is 1. The van der Waals surface area contributed by atoms with Crippen LogP contribution in [0, 0.1) is 5.92 Å². The zero-order valence-corrected chi connectivity index (χ0v) is 15.8. The summed E-state index contributed by atoms with van der Waals surface area (Å²) in [6.45, 7) is 0.472. The Hall–Kier alpha value is -2.17. The lowest BCUT2D eigenvalue weighted by Crippen LogP contribution is -2.33. The molecule has 1 aromatic heterocycles. The van der Waals surface area contributed by atoms with E-state index in [0.717, 1.165) is 41.1 Å². The Bertz CT molecular complexity index is 923. The third kappa shape index (κ3) is 3.67. The van der Waals surface area contributed by atoms with Crippen molar-refractivity contribution in [3.63, 3.8) is 0 Å². The van der Waals surface area contributed by atoms with Gasteiger partial charge in [0, 0.05) is 27.9 Å². The molecule has 3 aromatic rings. The minimum absolute atomic E-state index is 0.00839. The summed E-state index contributed by atoms with van der Waals surface area (Å²) in [7, 11) is 0. The number of fused-ring (bicyclic) bond motifs is 1. The number of benzene rings is 2. The summed E-state index contributed by atoms with van der Waals surface area (Å²) in [4.78, 5) is 18.6. The normalized spacial score (nSPS) is 16.1. The Morgan fingerprint density at radius 3 is 2.73 bits per heavy atom. The van der Waals surface area contributed by atoms with E-state index in [2.05, 4.69) is 17.4 Å². The lowest BCUT2D eigenvalue weighted by atomic mass is 9.90. The lowest BCUT2D eigenvalue weighted by Gasteiger charge is -2.20. The highest BCUT2D eigenvalue weighted by Gasteiger charge is 2.27. The number of halogens is 1. The van der Waals surface area contributed by atoms with E-state index in [-0.39, 0.29) is 11.8 Å². The van der Waals surface area contributed by atoms with Gasteiger partial charge in [0.2, 0.25) is 5.91 Å². The Morgan fingerprint density at radius 1 is 1.15 bits per heavy atom. The summed E-state index contributed by atoms with van der Waals surface area (Å²) < 4.78 is 0. The SMILES string of the molecule is O=C(NCc1ccccc1Cl)C1CCc2nc(-c3ccccc3)sc2C1. The molecule has 0 spiro atoms. The lowest BCUT2D eigenvalue weighted by molar-refractivity contribution is -0.125. The maximum atomic E-state index is 12.6. The highest BCUT2D eigenvalue weighted by atomic mass is 35.5. The van der Waals surface area contributed by atoms with Gasteiger partial charge < -0.3 is 5.32 Å². The van der Waals surface area contributed by atoms with Crippen molar-refractivity contribution in [3.05, 3.63) is 75.8 Å². The molecule has 5 heteroatoms. The third-order valence-electron chi connectivity index (χ3n) is 4.74. The fourth-order valence-electron chi connectivity index (χ4n) is 3.27. The topological polar surface area (TPSA) is 42.0 Å². The quantitative estimate of drug-likeness (QED) is 0.698. The van der Waals surface area contributed by atoms with E-state index in [1.54, 1.807) is 11.3 Å². The number of nitrogens with zero attached hydrogens (tertiary/aromatic N) is 1. The molecule has 0 aliphatic heterocycles. The molecule has 1 aliphatic carbocycles. The van der Waals surface area contributed by atoms with Gasteiger partial charge in [0.25, 0.3) is 0 Å². The zero-order valence-electron chi connectivity index (χ0n) is 14.2. The first-order valence-electron chi connectivity index (χ1n) is 8.76. The van der Waals surface area contributed by atoms with Crippen LogP contribution in [0.4, 0.5) is 0 Å². The van der Waals surface area contributed by atoms with Crippen molar-refractivity contribution < 1.29 is 4.79 Å². The van der Waals surface area contributed by atoms with Crippen molar-refractivity contribution in [2.45, 2.75) is 25.8 Å². The van der Waals surface area contributed by atoms with E-state index in [1.807, 2.05) is 42.5 Å². The fourth-order valence-corrected chi connectivity index (χ4v) is 4.67. The molecular formula is C21H19ClN2OS. The molecule has 0 fully saturated rings. The maximum Gasteiger partial charge on any atom is 0.223 e. The van der Waals surface area contributed by atoms with Gasteiger partial charge in [0.05, 0.1) is 5.69 Å². The number of carbonyl (C=O) groups is 1. The second kappa shape index (κ2) is 7.60. The molecule has 1 heterocycles. The predicted octanol–water partition coefficient (Wildman–Crippen LogP) is 4.88. The summed E-state index contributed by atoms with van der Waals surface area (Å²) >= 11 is 7.88. The Balaban J connectivity index is 1.42. The molecule has 3 nitrogen and oxygen atoms in total. The largest absolute Gasteiger partial charge is 0.352 e. The summed E-state index contributed by atoms with van der Waals surface area (Å²) in [5, 5.41) is 4.78. The van der Waals surface area contributed by atoms with Crippen LogP contribution < -0.4 is 5.32 Å². The van der Waals surface area contributed by atoms with Gasteiger partial charge in [0.1, 0.15) is 5.01 Å². The van der Waals surface area contributed by atoms with E-state index in [4.69, 9.17) is 16.6 Å². The molecule has 132 valence electrons. The average Bonchev–Trinajstić information content (AvgIpc) is 3.11. The number of hydrogen-bond donors (Lipinski definition) is 1. The van der Waals surface area contributed by atoms with Crippen LogP contribution >= 0.6 is 22.9 Å². The van der Waals surface area contributed by atoms with E-state index in [0.29, 0.717) is 11.6 Å². The number of hydrogen-bond acceptors (Lipinski definition) is 3. The van der Waals surface area contributed by atoms with Crippen LogP contribution in [0.2, 0.25) is 5.02 Å². The van der Waals surface area contributed by atoms with Crippen molar-refractivity contribution in [1.82, 2.24) is 10.3 Å². The molecule has 0 radical (unpaired) electrons. The van der Waals surface area contributed by atoms with Gasteiger partial charge in [-0.25, -0.2) is 4.98 Å². The molecule has 1 atom stereocenters. The van der Waals surface area contributed by atoms with Crippen molar-refractivity contribution >= 4 is 28.8 Å². The Morgan fingerprint density at radius 2 is 1.92 bits per heavy atom. The van der Waals surface area contributed by atoms with Gasteiger partial charge in [-0.3, -0.25) is 4.79 Å². The molecule has 26 heavy (non-hydrogen) atoms. The zero-order chi connectivity index (χ0) is 17.9. The molecule has 2 aromatic carbocycles. The molecule has 1 N–H and O–H groups in total. The van der Waals surface area contributed by atoms with E-state index < -0.39 is 0 Å². The van der Waals surface area contributed by atoms with Gasteiger partial charge in [-0.1, -0.05) is 60.1 Å². The molecule has 0 saturated carbocycles. The highest BCUT2D eigenvalue weighted by Crippen LogP contribution is 2.34. The number of aromatic nitrogens is 1. The third-order valence-corrected chi connectivity index (χ3v) is 6.28. The van der Waals surface area contributed by atoms with Crippen LogP contribution in [0.1, 0.15) is 22.6 Å². The summed E-state index contributed by atoms with van der Waals surface area (Å²) in [6, 6.07) is 17.8. The number of nitrogens with one attached hydrogen (secondary N) is 1. The molecule has 1 amide bonds. The van der Waals surface area contributed by atoms with E-state index >= 15 is 0 Å². The molecule has 4 rings (SSSR count). The second-order valence-electron chi connectivity index (χ2n) is 6.50. The van der Waals surface area contributed by atoms with Gasteiger partial charge in [0.15, 0.2) is 0 Å². The van der Waals surface area contributed by atoms with E-state index in [1.165, 1.54) is 4.88 Å². The first-order valence-corrected chi connectivity index (χ1v) is 9.95. The number of carbonyl (C=O) groups excluding carboxylic acids is 1. The van der Waals surface area contributed by atoms with Crippen molar-refractivity contribution in [2.24, 2.45) is 5.92 Å². The fraction of sp³-hybridized carbons (Fsp3) is 0.238. The smallest absolute Gasteiger partial charge is 0.223 e. The Labute approximate surface area is 162 Å². The molecule has 1 aliphatic rings. The number of aryl methyl sites for hydroxylation is 1. The minimum Gasteiger partial charge on any atom is -0.352 e. The number of amides is 1. The Kier molecular flexibility index (Phi) is 5.05. The summed E-state index contributed by atoms with van der Waals surface area (Å²) in [6.07, 6.45) is 2.48. The maximum absolute atomic E-state index is 12.6. The average molecular weight is 383 g/mol. The standard InChI is InChI=1S/C21H19ClN2OS/c22-17-9-5-4-8-16(17)13-23-20(25)15-10-11-18-19(12-15)26-21(24-18)14-6-2-1-3-7-14/h1-9,15H,10-13H2,(H,23,25). The summed E-state index contributed by atoms with van der Waals surface area (Å²) in [5.74, 6) is 0.110. The van der Waals surface area contributed by atoms with Crippen molar-refractivity contribution in [2.75, 3.05) is 0 Å². The number of rotatable bonds is 4. The van der Waals surface area contributed by atoms with Gasteiger partial charge in [-0.15, -0.1) is 11.3 Å². The first kappa shape index (κ1) is 17.3. The van der Waals surface area contributed by atoms with Crippen LogP contribution in [-0.4, -0.2) is 10.9 Å². The van der Waals surface area contributed by atoms with E-state index in [9.17, 15) is 4.79 Å². The highest BCUT2D eigenvalue weighted by molar-refractivity contribution is 7.15. The molecular weight excluding hydrogens is 364 g/mol. The van der Waals surface area contributed by atoms with Crippen LogP contribution in [0.3, 0.4) is 0 Å². The predicted molar refractivity (Wildman–Crippen MR) is 106 cm³/mol. The minimum atomic E-state index is 0.00839. The molecule has 0 bridgehead atoms. The first-order chi connectivity index (χ1) is 12.7. The van der Waals surface area contributed by atoms with Crippen molar-refractivity contribution in [3.8, 4) is 10.6 Å². The second-order valence-corrected chi connectivity index (χ2v) is 7.99. The molecule has 1 unspecified atom stereocenters. The van der Waals surface area contributed by atoms with Gasteiger partial charge >= 0.3 is 0 Å². The summed E-state index contributed by atoms with van der Waals surface area (Å²) in [5.41, 5.74) is 3.25. The van der Waals surface area contributed by atoms with Crippen LogP contribution in [-0.2, 0) is 24.2 Å². The van der Waals surface area contributed by atoms with Crippen molar-refractivity contribution in [1.29, 1.82) is 0 Å².